The lowest BCUT2D eigenvalue weighted by molar-refractivity contribution is -0.160. The van der Waals surface area contributed by atoms with Crippen LogP contribution < -0.4 is 4.74 Å². The van der Waals surface area contributed by atoms with Gasteiger partial charge in [0.15, 0.2) is 5.84 Å². The van der Waals surface area contributed by atoms with Gasteiger partial charge in [0.2, 0.25) is 0 Å². The van der Waals surface area contributed by atoms with E-state index in [-0.39, 0.29) is 5.82 Å². The standard InChI is InChI=1S/C25H25FN4O2/c1-17-14-29(16-28-17)22-9-4-18(13-23(22)31-3)12-19-10-11-32-30-24(19)27-15-25(30,2)20-5-7-21(26)8-6-20/h4-9,12-14,16H,10-11,15H2,1-3H3/b19-12+. The van der Waals surface area contributed by atoms with Crippen molar-refractivity contribution in [2.45, 2.75) is 25.8 Å². The molecule has 0 amide bonds. The lowest BCUT2D eigenvalue weighted by atomic mass is 9.92. The largest absolute Gasteiger partial charge is 0.495 e. The molecular weight excluding hydrogens is 407 g/mol. The number of amidine groups is 1. The number of hydrogen-bond acceptors (Lipinski definition) is 5. The van der Waals surface area contributed by atoms with Crippen LogP contribution >= 0.6 is 0 Å². The maximum atomic E-state index is 13.4. The number of imidazole rings is 1. The molecule has 1 unspecified atom stereocenters. The minimum Gasteiger partial charge on any atom is -0.495 e. The lowest BCUT2D eigenvalue weighted by Crippen LogP contribution is -2.47. The second-order valence-corrected chi connectivity index (χ2v) is 8.32. The van der Waals surface area contributed by atoms with E-state index in [0.29, 0.717) is 13.2 Å². The number of fused-ring (bicyclic) bond motifs is 1. The third-order valence-electron chi connectivity index (χ3n) is 6.06. The van der Waals surface area contributed by atoms with Crippen molar-refractivity contribution in [2.75, 3.05) is 20.3 Å². The van der Waals surface area contributed by atoms with Gasteiger partial charge in [-0.3, -0.25) is 9.83 Å². The molecular formula is C25H25FN4O2. The summed E-state index contributed by atoms with van der Waals surface area (Å²) in [5, 5.41) is 1.88. The number of aliphatic imine (C=N–C) groups is 1. The van der Waals surface area contributed by atoms with E-state index in [9.17, 15) is 4.39 Å². The number of ether oxygens (including phenoxy) is 1. The van der Waals surface area contributed by atoms with E-state index >= 15 is 0 Å². The highest BCUT2D eigenvalue weighted by Crippen LogP contribution is 2.38. The van der Waals surface area contributed by atoms with Gasteiger partial charge in [0.05, 0.1) is 38.0 Å². The Labute approximate surface area is 186 Å². The minimum atomic E-state index is -0.469. The van der Waals surface area contributed by atoms with Crippen LogP contribution in [-0.2, 0) is 10.4 Å². The highest BCUT2D eigenvalue weighted by atomic mass is 19.1. The van der Waals surface area contributed by atoms with Crippen molar-refractivity contribution in [3.8, 4) is 11.4 Å². The van der Waals surface area contributed by atoms with Crippen LogP contribution in [0.3, 0.4) is 0 Å². The molecule has 0 N–H and O–H groups in total. The average Bonchev–Trinajstić information content (AvgIpc) is 3.39. The predicted octanol–water partition coefficient (Wildman–Crippen LogP) is 4.68. The molecule has 2 aliphatic heterocycles. The molecule has 1 fully saturated rings. The smallest absolute Gasteiger partial charge is 0.152 e. The number of methoxy groups -OCH3 is 1. The fourth-order valence-corrected chi connectivity index (χ4v) is 4.29. The molecule has 1 saturated heterocycles. The van der Waals surface area contributed by atoms with Gasteiger partial charge >= 0.3 is 0 Å². The second-order valence-electron chi connectivity index (χ2n) is 8.32. The van der Waals surface area contributed by atoms with E-state index in [1.807, 2.05) is 34.9 Å². The van der Waals surface area contributed by atoms with E-state index in [1.54, 1.807) is 25.6 Å². The molecule has 3 aromatic rings. The number of halogens is 1. The first-order valence-electron chi connectivity index (χ1n) is 10.6. The second kappa shape index (κ2) is 7.91. The number of nitrogens with zero attached hydrogens (tertiary/aromatic N) is 4. The Morgan fingerprint density at radius 2 is 2.00 bits per heavy atom. The fourth-order valence-electron chi connectivity index (χ4n) is 4.29. The molecule has 1 aromatic heterocycles. The molecule has 0 saturated carbocycles. The molecule has 0 aliphatic carbocycles. The van der Waals surface area contributed by atoms with E-state index in [2.05, 4.69) is 24.1 Å². The number of rotatable bonds is 4. The third-order valence-corrected chi connectivity index (χ3v) is 6.06. The van der Waals surface area contributed by atoms with Crippen LogP contribution in [0.5, 0.6) is 5.75 Å². The van der Waals surface area contributed by atoms with Gasteiger partial charge in [-0.2, -0.15) is 0 Å². The Balaban J connectivity index is 1.45. The molecule has 5 rings (SSSR count). The summed E-state index contributed by atoms with van der Waals surface area (Å²) in [6.45, 7) is 5.14. The number of aromatic nitrogens is 2. The topological polar surface area (TPSA) is 51.9 Å². The van der Waals surface area contributed by atoms with E-state index in [1.165, 1.54) is 12.1 Å². The summed E-state index contributed by atoms with van der Waals surface area (Å²) in [6.07, 6.45) is 6.65. The van der Waals surface area contributed by atoms with Crippen molar-refractivity contribution in [1.29, 1.82) is 0 Å². The molecule has 7 heteroatoms. The Morgan fingerprint density at radius 3 is 2.72 bits per heavy atom. The van der Waals surface area contributed by atoms with Crippen LogP contribution in [0.1, 0.15) is 30.2 Å². The van der Waals surface area contributed by atoms with Gasteiger partial charge in [-0.05, 0) is 60.9 Å². The molecule has 0 spiro atoms. The van der Waals surface area contributed by atoms with Crippen molar-refractivity contribution >= 4 is 11.9 Å². The normalized spacial score (nSPS) is 21.6. The summed E-state index contributed by atoms with van der Waals surface area (Å²) < 4.78 is 21.0. The first kappa shape index (κ1) is 20.5. The SMILES string of the molecule is COc1cc(/C=C2\CCON3C2=NCC3(C)c2ccc(F)cc2)ccc1-n1cnc(C)c1. The number of aryl methyl sites for hydroxylation is 1. The van der Waals surface area contributed by atoms with E-state index in [0.717, 1.165) is 46.1 Å². The van der Waals surface area contributed by atoms with Crippen molar-refractivity contribution in [1.82, 2.24) is 14.6 Å². The minimum absolute atomic E-state index is 0.250. The quantitative estimate of drug-likeness (QED) is 0.601. The summed E-state index contributed by atoms with van der Waals surface area (Å²) in [6, 6.07) is 12.7. The molecule has 0 bridgehead atoms. The van der Waals surface area contributed by atoms with Gasteiger partial charge in [0, 0.05) is 12.6 Å². The van der Waals surface area contributed by atoms with Gasteiger partial charge in [-0.15, -0.1) is 0 Å². The Morgan fingerprint density at radius 1 is 1.19 bits per heavy atom. The van der Waals surface area contributed by atoms with Crippen molar-refractivity contribution in [2.24, 2.45) is 4.99 Å². The molecule has 32 heavy (non-hydrogen) atoms. The molecule has 2 aromatic carbocycles. The molecule has 1 atom stereocenters. The number of benzene rings is 2. The monoisotopic (exact) mass is 432 g/mol. The van der Waals surface area contributed by atoms with Crippen LogP contribution in [0, 0.1) is 12.7 Å². The lowest BCUT2D eigenvalue weighted by Gasteiger charge is -2.39. The van der Waals surface area contributed by atoms with Gasteiger partial charge in [0.1, 0.15) is 17.1 Å². The van der Waals surface area contributed by atoms with Crippen molar-refractivity contribution in [3.05, 3.63) is 83.2 Å². The predicted molar refractivity (Wildman–Crippen MR) is 121 cm³/mol. The zero-order valence-corrected chi connectivity index (χ0v) is 18.4. The Hall–Kier alpha value is -3.45. The summed E-state index contributed by atoms with van der Waals surface area (Å²) in [5.41, 5.74) is 4.52. The fraction of sp³-hybridized carbons (Fsp3) is 0.280. The average molecular weight is 432 g/mol. The third kappa shape index (κ3) is 3.48. The maximum Gasteiger partial charge on any atom is 0.152 e. The summed E-state index contributed by atoms with van der Waals surface area (Å²) >= 11 is 0. The van der Waals surface area contributed by atoms with Crippen molar-refractivity contribution in [3.63, 3.8) is 0 Å². The summed E-state index contributed by atoms with van der Waals surface area (Å²) in [4.78, 5) is 15.1. The Bertz CT molecular complexity index is 1210. The number of hydrogen-bond donors (Lipinski definition) is 0. The van der Waals surface area contributed by atoms with E-state index < -0.39 is 5.54 Å². The molecule has 0 radical (unpaired) electrons. The molecule has 3 heterocycles. The van der Waals surface area contributed by atoms with Gasteiger partial charge in [-0.25, -0.2) is 14.4 Å². The van der Waals surface area contributed by atoms with Crippen LogP contribution in [0.4, 0.5) is 4.39 Å². The molecule has 164 valence electrons. The maximum absolute atomic E-state index is 13.4. The highest BCUT2D eigenvalue weighted by Gasteiger charge is 2.44. The van der Waals surface area contributed by atoms with Gasteiger partial charge in [-0.1, -0.05) is 18.2 Å². The zero-order chi connectivity index (χ0) is 22.3. The summed E-state index contributed by atoms with van der Waals surface area (Å²) in [7, 11) is 1.67. The molecule has 2 aliphatic rings. The zero-order valence-electron chi connectivity index (χ0n) is 18.4. The van der Waals surface area contributed by atoms with Crippen LogP contribution in [0.25, 0.3) is 11.8 Å². The summed E-state index contributed by atoms with van der Waals surface area (Å²) in [5.74, 6) is 1.35. The van der Waals surface area contributed by atoms with E-state index in [4.69, 9.17) is 14.6 Å². The van der Waals surface area contributed by atoms with Crippen LogP contribution in [0.2, 0.25) is 0 Å². The van der Waals surface area contributed by atoms with Gasteiger partial charge < -0.3 is 9.30 Å². The first-order chi connectivity index (χ1) is 15.5. The highest BCUT2D eigenvalue weighted by molar-refractivity contribution is 6.03. The molecule has 6 nitrogen and oxygen atoms in total. The van der Waals surface area contributed by atoms with Crippen molar-refractivity contribution < 1.29 is 14.0 Å². The van der Waals surface area contributed by atoms with Crippen LogP contribution in [-0.4, -0.2) is 40.7 Å². The first-order valence-corrected chi connectivity index (χ1v) is 10.6. The van der Waals surface area contributed by atoms with Crippen LogP contribution in [0.15, 0.2) is 65.6 Å². The number of hydroxylamine groups is 2. The Kier molecular flexibility index (Phi) is 5.06. The van der Waals surface area contributed by atoms with Gasteiger partial charge in [0.25, 0.3) is 0 Å².